The Kier molecular flexibility index (Phi) is 5.16. The molecule has 0 spiro atoms. The zero-order chi connectivity index (χ0) is 17.1. The summed E-state index contributed by atoms with van der Waals surface area (Å²) in [6, 6.07) is 4.49. The third-order valence-electron chi connectivity index (χ3n) is 4.69. The fourth-order valence-corrected chi connectivity index (χ4v) is 3.48. The quantitative estimate of drug-likeness (QED) is 0.919. The van der Waals surface area contributed by atoms with Crippen LogP contribution >= 0.6 is 11.6 Å². The van der Waals surface area contributed by atoms with Crippen LogP contribution in [-0.4, -0.2) is 46.3 Å². The van der Waals surface area contributed by atoms with Crippen LogP contribution in [0, 0.1) is 0 Å². The van der Waals surface area contributed by atoms with Crippen molar-refractivity contribution in [3.05, 3.63) is 51.2 Å². The largest absolute Gasteiger partial charge is 0.366 e. The van der Waals surface area contributed by atoms with E-state index in [0.29, 0.717) is 11.7 Å². The summed E-state index contributed by atoms with van der Waals surface area (Å²) in [4.78, 5) is 20.7. The highest BCUT2D eigenvalue weighted by Gasteiger charge is 2.25. The van der Waals surface area contributed by atoms with Crippen molar-refractivity contribution in [2.75, 3.05) is 31.1 Å². The van der Waals surface area contributed by atoms with Gasteiger partial charge in [-0.3, -0.25) is 14.7 Å². The van der Waals surface area contributed by atoms with Crippen molar-refractivity contribution in [2.24, 2.45) is 0 Å². The number of H-pyrrole nitrogens is 1. The van der Waals surface area contributed by atoms with Gasteiger partial charge in [-0.25, -0.2) is 5.10 Å². The summed E-state index contributed by atoms with van der Waals surface area (Å²) < 4.78 is 0. The van der Waals surface area contributed by atoms with Gasteiger partial charge in [0.05, 0.1) is 11.9 Å². The molecular weight excluding hydrogens is 326 g/mol. The number of piperazine rings is 1. The van der Waals surface area contributed by atoms with Gasteiger partial charge in [0.15, 0.2) is 0 Å². The second-order valence-corrected chi connectivity index (χ2v) is 6.37. The Labute approximate surface area is 146 Å². The first-order valence-electron chi connectivity index (χ1n) is 8.27. The van der Waals surface area contributed by atoms with Gasteiger partial charge < -0.3 is 4.90 Å². The molecule has 3 rings (SSSR count). The van der Waals surface area contributed by atoms with Gasteiger partial charge in [-0.2, -0.15) is 5.10 Å². The van der Waals surface area contributed by atoms with Crippen LogP contribution in [0.4, 0.5) is 5.69 Å². The average Bonchev–Trinajstić information content (AvgIpc) is 2.63. The van der Waals surface area contributed by atoms with E-state index in [1.165, 1.54) is 5.56 Å². The smallest absolute Gasteiger partial charge is 0.285 e. The molecule has 128 valence electrons. The summed E-state index contributed by atoms with van der Waals surface area (Å²) in [6.45, 7) is 7.81. The minimum atomic E-state index is -0.340. The number of halogens is 1. The second kappa shape index (κ2) is 7.32. The highest BCUT2D eigenvalue weighted by Crippen LogP contribution is 2.27. The third-order valence-corrected chi connectivity index (χ3v) is 5.06. The number of aromatic amines is 1. The average molecular weight is 348 g/mol. The summed E-state index contributed by atoms with van der Waals surface area (Å²) in [7, 11) is 0. The maximum absolute atomic E-state index is 11.6. The lowest BCUT2D eigenvalue weighted by atomic mass is 10.0. The third kappa shape index (κ3) is 3.30. The number of hydrogen-bond donors (Lipinski definition) is 1. The summed E-state index contributed by atoms with van der Waals surface area (Å²) >= 11 is 6.11. The standard InChI is InChI=1S/C17H22ClN5O/c1-3-14-13(5-4-6-19-14)12(2)22-7-9-23(10-8-22)15-11-20-21-17(24)16(15)18/h4-6,11-12H,3,7-10H2,1-2H3,(H,21,24)/t12-/m1/s1. The molecule has 7 heteroatoms. The van der Waals surface area contributed by atoms with Gasteiger partial charge in [0.25, 0.3) is 5.56 Å². The Morgan fingerprint density at radius 1 is 1.33 bits per heavy atom. The van der Waals surface area contributed by atoms with Gasteiger partial charge >= 0.3 is 0 Å². The zero-order valence-corrected chi connectivity index (χ0v) is 14.8. The molecule has 0 bridgehead atoms. The van der Waals surface area contributed by atoms with Crippen molar-refractivity contribution in [3.8, 4) is 0 Å². The van der Waals surface area contributed by atoms with E-state index in [9.17, 15) is 4.79 Å². The fraction of sp³-hybridized carbons (Fsp3) is 0.471. The van der Waals surface area contributed by atoms with Crippen molar-refractivity contribution in [1.82, 2.24) is 20.1 Å². The molecule has 0 unspecified atom stereocenters. The van der Waals surface area contributed by atoms with E-state index >= 15 is 0 Å². The maximum atomic E-state index is 11.6. The molecule has 0 amide bonds. The molecule has 1 N–H and O–H groups in total. The van der Waals surface area contributed by atoms with Crippen molar-refractivity contribution >= 4 is 17.3 Å². The van der Waals surface area contributed by atoms with Crippen LogP contribution in [0.2, 0.25) is 5.02 Å². The van der Waals surface area contributed by atoms with Crippen LogP contribution in [0.3, 0.4) is 0 Å². The highest BCUT2D eigenvalue weighted by atomic mass is 35.5. The molecule has 24 heavy (non-hydrogen) atoms. The number of aromatic nitrogens is 3. The van der Waals surface area contributed by atoms with Crippen LogP contribution in [0.5, 0.6) is 0 Å². The summed E-state index contributed by atoms with van der Waals surface area (Å²) in [5.74, 6) is 0. The molecule has 1 saturated heterocycles. The lowest BCUT2D eigenvalue weighted by Gasteiger charge is -2.39. The zero-order valence-electron chi connectivity index (χ0n) is 14.0. The topological polar surface area (TPSA) is 65.1 Å². The summed E-state index contributed by atoms with van der Waals surface area (Å²) in [6.07, 6.45) is 4.42. The Morgan fingerprint density at radius 3 is 2.79 bits per heavy atom. The molecule has 0 aromatic carbocycles. The van der Waals surface area contributed by atoms with Crippen LogP contribution in [-0.2, 0) is 6.42 Å². The monoisotopic (exact) mass is 347 g/mol. The van der Waals surface area contributed by atoms with E-state index < -0.39 is 0 Å². The first-order chi connectivity index (χ1) is 11.6. The van der Waals surface area contributed by atoms with Gasteiger partial charge in [0.2, 0.25) is 0 Å². The Hall–Kier alpha value is -1.92. The van der Waals surface area contributed by atoms with E-state index in [4.69, 9.17) is 11.6 Å². The Balaban J connectivity index is 1.71. The molecule has 1 atom stereocenters. The van der Waals surface area contributed by atoms with Gasteiger partial charge in [-0.15, -0.1) is 0 Å². The lowest BCUT2D eigenvalue weighted by molar-refractivity contribution is 0.197. The molecule has 1 aliphatic heterocycles. The van der Waals surface area contributed by atoms with Crippen molar-refractivity contribution in [1.29, 1.82) is 0 Å². The van der Waals surface area contributed by atoms with Crippen LogP contribution < -0.4 is 10.5 Å². The molecule has 6 nitrogen and oxygen atoms in total. The molecule has 2 aromatic heterocycles. The van der Waals surface area contributed by atoms with Crippen LogP contribution in [0.1, 0.15) is 31.1 Å². The van der Waals surface area contributed by atoms with Crippen LogP contribution in [0.15, 0.2) is 29.3 Å². The first-order valence-corrected chi connectivity index (χ1v) is 8.65. The molecule has 0 saturated carbocycles. The number of rotatable bonds is 4. The fourth-order valence-electron chi connectivity index (χ4n) is 3.27. The predicted octanol–water partition coefficient (Wildman–Crippen LogP) is 2.26. The van der Waals surface area contributed by atoms with Crippen LogP contribution in [0.25, 0.3) is 0 Å². The minimum absolute atomic E-state index is 0.215. The normalized spacial score (nSPS) is 17.0. The molecule has 1 fully saturated rings. The molecule has 3 heterocycles. The van der Waals surface area contributed by atoms with Crippen molar-refractivity contribution < 1.29 is 0 Å². The Morgan fingerprint density at radius 2 is 2.08 bits per heavy atom. The second-order valence-electron chi connectivity index (χ2n) is 5.99. The van der Waals surface area contributed by atoms with Crippen molar-refractivity contribution in [3.63, 3.8) is 0 Å². The molecule has 1 aliphatic rings. The van der Waals surface area contributed by atoms with E-state index in [0.717, 1.165) is 38.3 Å². The molecule has 0 aliphatic carbocycles. The van der Waals surface area contributed by atoms with Gasteiger partial charge in [-0.05, 0) is 25.0 Å². The number of hydrogen-bond acceptors (Lipinski definition) is 5. The van der Waals surface area contributed by atoms with E-state index in [-0.39, 0.29) is 10.6 Å². The summed E-state index contributed by atoms with van der Waals surface area (Å²) in [5.41, 5.74) is 2.83. The van der Waals surface area contributed by atoms with E-state index in [1.54, 1.807) is 6.20 Å². The van der Waals surface area contributed by atoms with Gasteiger partial charge in [0, 0.05) is 44.1 Å². The van der Waals surface area contributed by atoms with Gasteiger partial charge in [0.1, 0.15) is 5.02 Å². The predicted molar refractivity (Wildman–Crippen MR) is 95.7 cm³/mol. The lowest BCUT2D eigenvalue weighted by Crippen LogP contribution is -2.47. The number of pyridine rings is 1. The number of nitrogens with zero attached hydrogens (tertiary/aromatic N) is 4. The maximum Gasteiger partial charge on any atom is 0.285 e. The summed E-state index contributed by atoms with van der Waals surface area (Å²) in [5, 5.41) is 6.43. The number of nitrogens with one attached hydrogen (secondary N) is 1. The molecule has 2 aromatic rings. The Bertz CT molecular complexity index is 755. The first kappa shape index (κ1) is 16.9. The van der Waals surface area contributed by atoms with Gasteiger partial charge in [-0.1, -0.05) is 24.6 Å². The van der Waals surface area contributed by atoms with E-state index in [1.807, 2.05) is 12.3 Å². The molecular formula is C17H22ClN5O. The van der Waals surface area contributed by atoms with Crippen molar-refractivity contribution in [2.45, 2.75) is 26.3 Å². The SMILES string of the molecule is CCc1ncccc1[C@@H](C)N1CCN(c2cn[nH]c(=O)c2Cl)CC1. The minimum Gasteiger partial charge on any atom is -0.366 e. The van der Waals surface area contributed by atoms with E-state index in [2.05, 4.69) is 44.9 Å². The number of anilines is 1. The number of aryl methyl sites for hydroxylation is 1. The molecule has 0 radical (unpaired) electrons. The highest BCUT2D eigenvalue weighted by molar-refractivity contribution is 6.32.